The van der Waals surface area contributed by atoms with Crippen molar-refractivity contribution in [2.75, 3.05) is 13.2 Å². The van der Waals surface area contributed by atoms with Crippen LogP contribution in [0.25, 0.3) is 0 Å². The average molecular weight is 212 g/mol. The maximum atomic E-state index is 11.4. The van der Waals surface area contributed by atoms with Crippen LogP contribution in [0.3, 0.4) is 0 Å². The Morgan fingerprint density at radius 3 is 2.67 bits per heavy atom. The average Bonchev–Trinajstić information content (AvgIpc) is 2.26. The van der Waals surface area contributed by atoms with E-state index >= 15 is 0 Å². The van der Waals surface area contributed by atoms with Gasteiger partial charge in [-0.05, 0) is 0 Å². The van der Waals surface area contributed by atoms with Gasteiger partial charge in [-0.3, -0.25) is 9.59 Å². The van der Waals surface area contributed by atoms with E-state index in [4.69, 9.17) is 10.2 Å². The molecular weight excluding hydrogens is 200 g/mol. The van der Waals surface area contributed by atoms with E-state index in [1.165, 1.54) is 18.5 Å². The molecule has 6 nitrogen and oxygen atoms in total. The van der Waals surface area contributed by atoms with Crippen molar-refractivity contribution in [3.8, 4) is 0 Å². The van der Waals surface area contributed by atoms with Crippen LogP contribution < -0.4 is 10.7 Å². The molecule has 4 N–H and O–H groups in total. The number of aromatic amines is 1. The molecule has 0 fully saturated rings. The maximum absolute atomic E-state index is 11.4. The van der Waals surface area contributed by atoms with E-state index in [0.29, 0.717) is 0 Å². The molecular formula is C9H12N2O4. The molecule has 0 saturated carbocycles. The summed E-state index contributed by atoms with van der Waals surface area (Å²) < 4.78 is 0. The van der Waals surface area contributed by atoms with Crippen molar-refractivity contribution in [3.63, 3.8) is 0 Å². The first kappa shape index (κ1) is 11.4. The number of carbonyl (C=O) groups excluding carboxylic acids is 1. The number of amides is 1. The van der Waals surface area contributed by atoms with E-state index in [1.54, 1.807) is 0 Å². The van der Waals surface area contributed by atoms with Crippen molar-refractivity contribution in [2.24, 2.45) is 0 Å². The highest BCUT2D eigenvalue weighted by Gasteiger charge is 2.13. The maximum Gasteiger partial charge on any atom is 0.257 e. The van der Waals surface area contributed by atoms with Crippen LogP contribution in [-0.4, -0.2) is 40.4 Å². The first-order valence-corrected chi connectivity index (χ1v) is 4.38. The molecule has 0 aliphatic heterocycles. The lowest BCUT2D eigenvalue weighted by molar-refractivity contribution is 0.0878. The monoisotopic (exact) mass is 212 g/mol. The molecule has 0 atom stereocenters. The quantitative estimate of drug-likeness (QED) is 0.485. The summed E-state index contributed by atoms with van der Waals surface area (Å²) in [7, 11) is 0. The largest absolute Gasteiger partial charge is 0.394 e. The molecule has 0 saturated heterocycles. The lowest BCUT2D eigenvalue weighted by Crippen LogP contribution is -2.41. The third-order valence-corrected chi connectivity index (χ3v) is 1.84. The second-order valence-corrected chi connectivity index (χ2v) is 2.96. The minimum absolute atomic E-state index is 0.0515. The number of H-pyrrole nitrogens is 1. The highest BCUT2D eigenvalue weighted by molar-refractivity contribution is 5.93. The van der Waals surface area contributed by atoms with Crippen molar-refractivity contribution in [2.45, 2.75) is 6.04 Å². The first-order valence-electron chi connectivity index (χ1n) is 4.38. The Morgan fingerprint density at radius 1 is 1.47 bits per heavy atom. The van der Waals surface area contributed by atoms with Crippen LogP contribution in [0.5, 0.6) is 0 Å². The number of aliphatic hydroxyl groups is 2. The van der Waals surface area contributed by atoms with Crippen LogP contribution in [-0.2, 0) is 0 Å². The number of carbonyl (C=O) groups is 1. The minimum atomic E-state index is -0.753. The molecule has 6 heteroatoms. The van der Waals surface area contributed by atoms with Gasteiger partial charge in [-0.25, -0.2) is 0 Å². The Bertz CT molecular complexity index is 384. The summed E-state index contributed by atoms with van der Waals surface area (Å²) in [5, 5.41) is 19.8. The molecule has 0 unspecified atom stereocenters. The van der Waals surface area contributed by atoms with Gasteiger partial charge in [0.2, 0.25) is 0 Å². The molecule has 1 amide bonds. The van der Waals surface area contributed by atoms with Crippen molar-refractivity contribution < 1.29 is 15.0 Å². The highest BCUT2D eigenvalue weighted by Crippen LogP contribution is 1.90. The predicted octanol–water partition coefficient (Wildman–Crippen LogP) is -1.54. The van der Waals surface area contributed by atoms with E-state index in [9.17, 15) is 9.59 Å². The van der Waals surface area contributed by atoms with Gasteiger partial charge >= 0.3 is 0 Å². The Hall–Kier alpha value is -1.66. The molecule has 0 aromatic carbocycles. The minimum Gasteiger partial charge on any atom is -0.394 e. The standard InChI is InChI=1S/C9H12N2O4/c12-4-6(5-13)11-9(15)7-3-10-2-1-8(7)14/h1-3,6,12-13H,4-5H2,(H,10,14)(H,11,15). The number of aliphatic hydroxyl groups excluding tert-OH is 2. The smallest absolute Gasteiger partial charge is 0.257 e. The zero-order valence-electron chi connectivity index (χ0n) is 7.93. The predicted molar refractivity (Wildman–Crippen MR) is 52.5 cm³/mol. The van der Waals surface area contributed by atoms with E-state index < -0.39 is 17.4 Å². The molecule has 0 radical (unpaired) electrons. The van der Waals surface area contributed by atoms with E-state index in [0.717, 1.165) is 0 Å². The number of hydrogen-bond donors (Lipinski definition) is 4. The number of pyridine rings is 1. The Kier molecular flexibility index (Phi) is 4.02. The van der Waals surface area contributed by atoms with Gasteiger partial charge in [-0.2, -0.15) is 0 Å². The van der Waals surface area contributed by atoms with Crippen molar-refractivity contribution in [1.82, 2.24) is 10.3 Å². The van der Waals surface area contributed by atoms with Gasteiger partial charge in [0.05, 0.1) is 19.3 Å². The molecule has 1 aromatic rings. The summed E-state index contributed by atoms with van der Waals surface area (Å²) in [4.78, 5) is 25.3. The Labute approximate surface area is 85.6 Å². The van der Waals surface area contributed by atoms with E-state index in [1.807, 2.05) is 0 Å². The topological polar surface area (TPSA) is 102 Å². The third kappa shape index (κ3) is 2.90. The number of aromatic nitrogens is 1. The molecule has 82 valence electrons. The van der Waals surface area contributed by atoms with Gasteiger partial charge in [0.25, 0.3) is 5.91 Å². The van der Waals surface area contributed by atoms with Gasteiger partial charge in [0.15, 0.2) is 5.43 Å². The summed E-state index contributed by atoms with van der Waals surface area (Å²) in [6, 6.07) is 0.471. The molecule has 0 spiro atoms. The molecule has 1 heterocycles. The van der Waals surface area contributed by atoms with Gasteiger partial charge in [0.1, 0.15) is 5.56 Å². The Balaban J connectivity index is 2.78. The van der Waals surface area contributed by atoms with Gasteiger partial charge < -0.3 is 20.5 Å². The van der Waals surface area contributed by atoms with Crippen molar-refractivity contribution in [3.05, 3.63) is 34.2 Å². The van der Waals surface area contributed by atoms with Crippen molar-refractivity contribution >= 4 is 5.91 Å². The highest BCUT2D eigenvalue weighted by atomic mass is 16.3. The van der Waals surface area contributed by atoms with Gasteiger partial charge in [-0.15, -0.1) is 0 Å². The summed E-state index contributed by atoms with van der Waals surface area (Å²) in [5.74, 6) is -0.620. The molecule has 15 heavy (non-hydrogen) atoms. The molecule has 0 aliphatic rings. The fraction of sp³-hybridized carbons (Fsp3) is 0.333. The second kappa shape index (κ2) is 5.28. The second-order valence-electron chi connectivity index (χ2n) is 2.96. The number of nitrogens with one attached hydrogen (secondary N) is 2. The third-order valence-electron chi connectivity index (χ3n) is 1.84. The fourth-order valence-electron chi connectivity index (χ4n) is 1.01. The SMILES string of the molecule is O=C(NC(CO)CO)c1c[nH]ccc1=O. The van der Waals surface area contributed by atoms with Crippen LogP contribution in [0.1, 0.15) is 10.4 Å². The van der Waals surface area contributed by atoms with Crippen LogP contribution in [0.4, 0.5) is 0 Å². The fourth-order valence-corrected chi connectivity index (χ4v) is 1.01. The van der Waals surface area contributed by atoms with Crippen LogP contribution in [0.15, 0.2) is 23.3 Å². The van der Waals surface area contributed by atoms with Gasteiger partial charge in [-0.1, -0.05) is 0 Å². The lowest BCUT2D eigenvalue weighted by Gasteiger charge is -2.12. The summed E-state index contributed by atoms with van der Waals surface area (Å²) in [5.41, 5.74) is -0.467. The summed E-state index contributed by atoms with van der Waals surface area (Å²) in [6.45, 7) is -0.764. The van der Waals surface area contributed by atoms with Crippen LogP contribution in [0, 0.1) is 0 Å². The summed E-state index contributed by atoms with van der Waals surface area (Å²) in [6.07, 6.45) is 2.68. The van der Waals surface area contributed by atoms with E-state index in [2.05, 4.69) is 10.3 Å². The Morgan fingerprint density at radius 2 is 2.13 bits per heavy atom. The first-order chi connectivity index (χ1) is 7.19. The normalized spacial score (nSPS) is 10.3. The molecule has 1 aromatic heterocycles. The van der Waals surface area contributed by atoms with Crippen LogP contribution in [0.2, 0.25) is 0 Å². The number of rotatable bonds is 4. The molecule has 0 aliphatic carbocycles. The molecule has 0 bridgehead atoms. The lowest BCUT2D eigenvalue weighted by atomic mass is 10.2. The van der Waals surface area contributed by atoms with Crippen molar-refractivity contribution in [1.29, 1.82) is 0 Å². The van der Waals surface area contributed by atoms with E-state index in [-0.39, 0.29) is 18.8 Å². The zero-order valence-corrected chi connectivity index (χ0v) is 7.93. The molecule has 1 rings (SSSR count). The zero-order chi connectivity index (χ0) is 11.3. The van der Waals surface area contributed by atoms with Gasteiger partial charge in [0, 0.05) is 18.5 Å². The van der Waals surface area contributed by atoms with Crippen LogP contribution >= 0.6 is 0 Å². The number of hydrogen-bond acceptors (Lipinski definition) is 4. The summed E-state index contributed by atoms with van der Waals surface area (Å²) >= 11 is 0.